The molecule has 90 valence electrons. The zero-order valence-electron chi connectivity index (χ0n) is 7.78. The number of rotatable bonds is 2. The monoisotopic (exact) mass is 305 g/mol. The number of hydrogen-bond acceptors (Lipinski definition) is 2. The van der Waals surface area contributed by atoms with Crippen molar-refractivity contribution in [2.45, 2.75) is 12.6 Å². The number of aromatic nitrogens is 1. The summed E-state index contributed by atoms with van der Waals surface area (Å²) in [6.07, 6.45) is -8.20. The minimum Gasteiger partial charge on any atom is -0.481 e. The molecule has 1 aromatic rings. The van der Waals surface area contributed by atoms with Gasteiger partial charge >= 0.3 is 6.18 Å². The summed E-state index contributed by atoms with van der Waals surface area (Å²) < 4.78 is 66.7. The van der Waals surface area contributed by atoms with Gasteiger partial charge in [-0.15, -0.1) is 0 Å². The van der Waals surface area contributed by atoms with Crippen LogP contribution in [0.15, 0.2) is 10.7 Å². The Morgan fingerprint density at radius 1 is 1.38 bits per heavy atom. The average molecular weight is 306 g/mol. The first-order valence-electron chi connectivity index (χ1n) is 3.87. The van der Waals surface area contributed by atoms with E-state index in [1.807, 2.05) is 0 Å². The molecular weight excluding hydrogens is 301 g/mol. The third kappa shape index (κ3) is 2.60. The van der Waals surface area contributed by atoms with Gasteiger partial charge in [0.15, 0.2) is 0 Å². The highest BCUT2D eigenvalue weighted by Gasteiger charge is 2.40. The highest BCUT2D eigenvalue weighted by atomic mass is 79.9. The minimum absolute atomic E-state index is 0.146. The molecule has 1 rings (SSSR count). The summed E-state index contributed by atoms with van der Waals surface area (Å²) in [7, 11) is 0.930. The molecule has 0 aliphatic heterocycles. The predicted octanol–water partition coefficient (Wildman–Crippen LogP) is 3.81. The SMILES string of the molecule is COc1nc(Br)cc(C(F)F)c1C(F)(F)F. The van der Waals surface area contributed by atoms with Crippen LogP contribution in [0.4, 0.5) is 22.0 Å². The Hall–Kier alpha value is -0.920. The largest absolute Gasteiger partial charge is 0.481 e. The molecule has 0 radical (unpaired) electrons. The van der Waals surface area contributed by atoms with Gasteiger partial charge in [0.25, 0.3) is 6.43 Å². The lowest BCUT2D eigenvalue weighted by Gasteiger charge is -2.15. The molecule has 0 N–H and O–H groups in total. The predicted molar refractivity (Wildman–Crippen MR) is 48.4 cm³/mol. The van der Waals surface area contributed by atoms with Crippen LogP contribution in [0.5, 0.6) is 5.88 Å². The summed E-state index contributed by atoms with van der Waals surface area (Å²) in [5.41, 5.74) is -2.71. The van der Waals surface area contributed by atoms with Gasteiger partial charge in [0, 0.05) is 5.56 Å². The maximum absolute atomic E-state index is 12.5. The van der Waals surface area contributed by atoms with Crippen molar-refractivity contribution in [1.82, 2.24) is 4.98 Å². The number of halogens is 6. The molecule has 0 atom stereocenters. The Kier molecular flexibility index (Phi) is 3.72. The highest BCUT2D eigenvalue weighted by Crippen LogP contribution is 2.42. The second-order valence-electron chi connectivity index (χ2n) is 2.72. The van der Waals surface area contributed by atoms with Crippen molar-refractivity contribution in [3.05, 3.63) is 21.8 Å². The van der Waals surface area contributed by atoms with E-state index in [1.165, 1.54) is 0 Å². The second kappa shape index (κ2) is 4.52. The Morgan fingerprint density at radius 2 is 1.94 bits per heavy atom. The minimum atomic E-state index is -4.94. The maximum Gasteiger partial charge on any atom is 0.422 e. The number of alkyl halides is 5. The van der Waals surface area contributed by atoms with Crippen LogP contribution in [-0.2, 0) is 6.18 Å². The molecule has 0 unspecified atom stereocenters. The Labute approximate surface area is 95.6 Å². The van der Waals surface area contributed by atoms with Crippen molar-refractivity contribution in [1.29, 1.82) is 0 Å². The van der Waals surface area contributed by atoms with E-state index in [1.54, 1.807) is 0 Å². The van der Waals surface area contributed by atoms with Crippen LogP contribution in [-0.4, -0.2) is 12.1 Å². The van der Waals surface area contributed by atoms with E-state index >= 15 is 0 Å². The molecule has 0 aliphatic rings. The van der Waals surface area contributed by atoms with Gasteiger partial charge in [-0.25, -0.2) is 13.8 Å². The average Bonchev–Trinajstić information content (AvgIpc) is 2.14. The number of hydrogen-bond donors (Lipinski definition) is 0. The lowest BCUT2D eigenvalue weighted by atomic mass is 10.1. The van der Waals surface area contributed by atoms with Crippen LogP contribution in [0.2, 0.25) is 0 Å². The Bertz CT molecular complexity index is 393. The maximum atomic E-state index is 12.5. The van der Waals surface area contributed by atoms with Crippen molar-refractivity contribution < 1.29 is 26.7 Å². The second-order valence-corrected chi connectivity index (χ2v) is 3.53. The van der Waals surface area contributed by atoms with Gasteiger partial charge in [-0.1, -0.05) is 0 Å². The highest BCUT2D eigenvalue weighted by molar-refractivity contribution is 9.10. The van der Waals surface area contributed by atoms with E-state index in [2.05, 4.69) is 25.7 Å². The van der Waals surface area contributed by atoms with Crippen LogP contribution in [0, 0.1) is 0 Å². The van der Waals surface area contributed by atoms with Crippen molar-refractivity contribution in [3.8, 4) is 5.88 Å². The van der Waals surface area contributed by atoms with Gasteiger partial charge < -0.3 is 4.74 Å². The fourth-order valence-corrected chi connectivity index (χ4v) is 1.52. The van der Waals surface area contributed by atoms with Crippen LogP contribution < -0.4 is 4.74 Å². The van der Waals surface area contributed by atoms with Gasteiger partial charge in [-0.3, -0.25) is 0 Å². The zero-order valence-corrected chi connectivity index (χ0v) is 9.36. The first-order chi connectivity index (χ1) is 7.27. The number of pyridine rings is 1. The van der Waals surface area contributed by atoms with Crippen LogP contribution >= 0.6 is 15.9 Å². The molecule has 0 aromatic carbocycles. The molecular formula is C8H5BrF5NO. The number of methoxy groups -OCH3 is 1. The standard InChI is InChI=1S/C8H5BrF5NO/c1-16-7-5(8(12,13)14)3(6(10)11)2-4(9)15-7/h2,6H,1H3. The molecule has 2 nitrogen and oxygen atoms in total. The molecule has 1 aromatic heterocycles. The first kappa shape index (κ1) is 13.1. The van der Waals surface area contributed by atoms with E-state index in [0.717, 1.165) is 7.11 Å². The third-order valence-corrected chi connectivity index (χ3v) is 2.10. The summed E-state index contributed by atoms with van der Waals surface area (Å²) >= 11 is 2.73. The quantitative estimate of drug-likeness (QED) is 0.612. The number of ether oxygens (including phenoxy) is 1. The smallest absolute Gasteiger partial charge is 0.422 e. The van der Waals surface area contributed by atoms with Crippen LogP contribution in [0.25, 0.3) is 0 Å². The molecule has 8 heteroatoms. The van der Waals surface area contributed by atoms with Crippen molar-refractivity contribution in [3.63, 3.8) is 0 Å². The van der Waals surface area contributed by atoms with Gasteiger partial charge in [-0.05, 0) is 22.0 Å². The zero-order chi connectivity index (χ0) is 12.5. The van der Waals surface area contributed by atoms with Crippen LogP contribution in [0.3, 0.4) is 0 Å². The number of nitrogens with zero attached hydrogens (tertiary/aromatic N) is 1. The van der Waals surface area contributed by atoms with Crippen molar-refractivity contribution in [2.75, 3.05) is 7.11 Å². The van der Waals surface area contributed by atoms with Gasteiger partial charge in [0.05, 0.1) is 7.11 Å². The van der Waals surface area contributed by atoms with Gasteiger partial charge in [0.2, 0.25) is 5.88 Å². The summed E-state index contributed by atoms with van der Waals surface area (Å²) in [4.78, 5) is 3.34. The van der Waals surface area contributed by atoms with E-state index in [4.69, 9.17) is 0 Å². The van der Waals surface area contributed by atoms with E-state index in [9.17, 15) is 22.0 Å². The van der Waals surface area contributed by atoms with Crippen molar-refractivity contribution in [2.24, 2.45) is 0 Å². The molecule has 0 amide bonds. The van der Waals surface area contributed by atoms with E-state index in [0.29, 0.717) is 6.07 Å². The molecule has 0 saturated carbocycles. The molecule has 16 heavy (non-hydrogen) atoms. The van der Waals surface area contributed by atoms with E-state index < -0.39 is 29.6 Å². The summed E-state index contributed by atoms with van der Waals surface area (Å²) in [6.45, 7) is 0. The lowest BCUT2D eigenvalue weighted by Crippen LogP contribution is -2.13. The topological polar surface area (TPSA) is 22.1 Å². The molecule has 0 saturated heterocycles. The molecule has 0 spiro atoms. The Balaban J connectivity index is 3.52. The summed E-state index contributed by atoms with van der Waals surface area (Å²) in [5.74, 6) is -0.878. The first-order valence-corrected chi connectivity index (χ1v) is 4.66. The van der Waals surface area contributed by atoms with Crippen LogP contribution in [0.1, 0.15) is 17.6 Å². The summed E-state index contributed by atoms with van der Waals surface area (Å²) in [6, 6.07) is 0.621. The molecule has 0 fully saturated rings. The lowest BCUT2D eigenvalue weighted by molar-refractivity contribution is -0.141. The fourth-order valence-electron chi connectivity index (χ4n) is 1.11. The normalized spacial score (nSPS) is 12.0. The molecule has 0 aliphatic carbocycles. The Morgan fingerprint density at radius 3 is 2.31 bits per heavy atom. The van der Waals surface area contributed by atoms with Gasteiger partial charge in [0.1, 0.15) is 10.2 Å². The van der Waals surface area contributed by atoms with Crippen molar-refractivity contribution >= 4 is 15.9 Å². The fraction of sp³-hybridized carbons (Fsp3) is 0.375. The molecule has 0 bridgehead atoms. The third-order valence-electron chi connectivity index (χ3n) is 1.70. The summed E-state index contributed by atoms with van der Waals surface area (Å²) in [5, 5.41) is 0. The van der Waals surface area contributed by atoms with Gasteiger partial charge in [-0.2, -0.15) is 13.2 Å². The van der Waals surface area contributed by atoms with E-state index in [-0.39, 0.29) is 4.60 Å². The molecule has 1 heterocycles.